The average Bonchev–Trinajstić information content (AvgIpc) is 3.12. The third kappa shape index (κ3) is 2.74. The van der Waals surface area contributed by atoms with Gasteiger partial charge in [-0.15, -0.1) is 11.3 Å². The molecule has 3 rings (SSSR count). The number of fused-ring (bicyclic) bond motifs is 1. The van der Waals surface area contributed by atoms with Gasteiger partial charge in [0.15, 0.2) is 0 Å². The van der Waals surface area contributed by atoms with E-state index in [0.717, 1.165) is 33.8 Å². The van der Waals surface area contributed by atoms with Crippen molar-refractivity contribution in [1.29, 1.82) is 0 Å². The minimum Gasteiger partial charge on any atom is -0.394 e. The van der Waals surface area contributed by atoms with Crippen LogP contribution in [0.3, 0.4) is 0 Å². The summed E-state index contributed by atoms with van der Waals surface area (Å²) in [5, 5.41) is 20.1. The first-order valence-corrected chi connectivity index (χ1v) is 7.69. The number of aliphatic hydroxyl groups is 1. The van der Waals surface area contributed by atoms with Gasteiger partial charge in [0.25, 0.3) is 0 Å². The SMILES string of the molecule is CCc1nc(NC(CO)c2cnn(C)c2)c2ccsc2n1. The van der Waals surface area contributed by atoms with Gasteiger partial charge >= 0.3 is 0 Å². The zero-order chi connectivity index (χ0) is 14.8. The van der Waals surface area contributed by atoms with Gasteiger partial charge in [-0.1, -0.05) is 6.92 Å². The minimum atomic E-state index is -0.235. The van der Waals surface area contributed by atoms with E-state index >= 15 is 0 Å². The molecule has 3 aromatic rings. The molecule has 0 radical (unpaired) electrons. The Balaban J connectivity index is 1.97. The maximum absolute atomic E-state index is 9.66. The van der Waals surface area contributed by atoms with Gasteiger partial charge in [0.05, 0.1) is 24.2 Å². The van der Waals surface area contributed by atoms with Crippen LogP contribution < -0.4 is 5.32 Å². The van der Waals surface area contributed by atoms with E-state index in [4.69, 9.17) is 0 Å². The number of hydrogen-bond donors (Lipinski definition) is 2. The summed E-state index contributed by atoms with van der Waals surface area (Å²) in [4.78, 5) is 10.0. The fraction of sp³-hybridized carbons (Fsp3) is 0.357. The number of anilines is 1. The molecule has 2 N–H and O–H groups in total. The normalized spacial score (nSPS) is 12.7. The lowest BCUT2D eigenvalue weighted by molar-refractivity contribution is 0.276. The molecular weight excluding hydrogens is 286 g/mol. The van der Waals surface area contributed by atoms with E-state index in [1.165, 1.54) is 0 Å². The predicted molar refractivity (Wildman–Crippen MR) is 83.5 cm³/mol. The summed E-state index contributed by atoms with van der Waals surface area (Å²) in [7, 11) is 1.86. The van der Waals surface area contributed by atoms with Crippen molar-refractivity contribution in [3.8, 4) is 0 Å². The Morgan fingerprint density at radius 3 is 2.95 bits per heavy atom. The van der Waals surface area contributed by atoms with Gasteiger partial charge in [-0.25, -0.2) is 9.97 Å². The number of thiophene rings is 1. The van der Waals surface area contributed by atoms with Crippen molar-refractivity contribution in [2.24, 2.45) is 7.05 Å². The van der Waals surface area contributed by atoms with Gasteiger partial charge in [-0.05, 0) is 11.4 Å². The lowest BCUT2D eigenvalue weighted by Gasteiger charge is -2.16. The first-order valence-electron chi connectivity index (χ1n) is 6.81. The molecule has 0 aromatic carbocycles. The molecule has 0 amide bonds. The summed E-state index contributed by atoms with van der Waals surface area (Å²) < 4.78 is 1.72. The highest BCUT2D eigenvalue weighted by atomic mass is 32.1. The fourth-order valence-corrected chi connectivity index (χ4v) is 2.97. The quantitative estimate of drug-likeness (QED) is 0.755. The smallest absolute Gasteiger partial charge is 0.139 e. The number of aryl methyl sites for hydroxylation is 2. The molecule has 0 aliphatic carbocycles. The Labute approximate surface area is 126 Å². The Bertz CT molecular complexity index is 751. The van der Waals surface area contributed by atoms with Crippen LogP contribution in [0.15, 0.2) is 23.8 Å². The van der Waals surface area contributed by atoms with Crippen LogP contribution in [0.4, 0.5) is 5.82 Å². The first kappa shape index (κ1) is 14.0. The molecule has 6 nitrogen and oxygen atoms in total. The van der Waals surface area contributed by atoms with Gasteiger partial charge in [0.2, 0.25) is 0 Å². The van der Waals surface area contributed by atoms with Gasteiger partial charge in [0.1, 0.15) is 16.5 Å². The summed E-state index contributed by atoms with van der Waals surface area (Å²) in [6.45, 7) is 2.01. The highest BCUT2D eigenvalue weighted by molar-refractivity contribution is 7.16. The number of aliphatic hydroxyl groups excluding tert-OH is 1. The molecule has 7 heteroatoms. The Hall–Kier alpha value is -1.99. The van der Waals surface area contributed by atoms with Gasteiger partial charge < -0.3 is 10.4 Å². The lowest BCUT2D eigenvalue weighted by Crippen LogP contribution is -2.16. The molecule has 0 aliphatic rings. The summed E-state index contributed by atoms with van der Waals surface area (Å²) in [6.07, 6.45) is 4.42. The molecule has 0 spiro atoms. The Morgan fingerprint density at radius 1 is 1.43 bits per heavy atom. The van der Waals surface area contributed by atoms with Gasteiger partial charge in [0, 0.05) is 25.2 Å². The molecule has 1 unspecified atom stereocenters. The Morgan fingerprint density at radius 2 is 2.29 bits per heavy atom. The molecule has 0 saturated carbocycles. The number of nitrogens with one attached hydrogen (secondary N) is 1. The lowest BCUT2D eigenvalue weighted by atomic mass is 10.1. The average molecular weight is 303 g/mol. The van der Waals surface area contributed by atoms with Crippen LogP contribution in [0.25, 0.3) is 10.2 Å². The highest BCUT2D eigenvalue weighted by Gasteiger charge is 2.16. The third-order valence-corrected chi connectivity index (χ3v) is 4.11. The highest BCUT2D eigenvalue weighted by Crippen LogP contribution is 2.28. The van der Waals surface area contributed by atoms with Crippen molar-refractivity contribution < 1.29 is 5.11 Å². The fourth-order valence-electron chi connectivity index (χ4n) is 2.19. The number of aromatic nitrogens is 4. The molecule has 0 saturated heterocycles. The second-order valence-corrected chi connectivity index (χ2v) is 5.70. The van der Waals surface area contributed by atoms with E-state index in [9.17, 15) is 5.11 Å². The summed E-state index contributed by atoms with van der Waals surface area (Å²) >= 11 is 1.60. The monoisotopic (exact) mass is 303 g/mol. The second kappa shape index (κ2) is 5.79. The first-order chi connectivity index (χ1) is 10.2. The van der Waals surface area contributed by atoms with Crippen molar-refractivity contribution in [1.82, 2.24) is 19.7 Å². The van der Waals surface area contributed by atoms with E-state index < -0.39 is 0 Å². The molecule has 21 heavy (non-hydrogen) atoms. The Kier molecular flexibility index (Phi) is 3.85. The molecule has 3 aromatic heterocycles. The van der Waals surface area contributed by atoms with Gasteiger partial charge in [-0.3, -0.25) is 4.68 Å². The largest absolute Gasteiger partial charge is 0.394 e. The molecule has 0 bridgehead atoms. The van der Waals surface area contributed by atoms with Crippen molar-refractivity contribution in [3.63, 3.8) is 0 Å². The molecule has 110 valence electrons. The second-order valence-electron chi connectivity index (χ2n) is 4.81. The molecule has 3 heterocycles. The standard InChI is InChI=1S/C14H17N5OS/c1-3-12-17-13(10-4-5-21-14(10)18-12)16-11(8-20)9-6-15-19(2)7-9/h4-7,11,20H,3,8H2,1-2H3,(H,16,17,18). The zero-order valence-corrected chi connectivity index (χ0v) is 12.8. The van der Waals surface area contributed by atoms with E-state index in [1.54, 1.807) is 22.2 Å². The van der Waals surface area contributed by atoms with Crippen molar-refractivity contribution in [2.75, 3.05) is 11.9 Å². The summed E-state index contributed by atoms with van der Waals surface area (Å²) in [6, 6.07) is 1.76. The van der Waals surface area contributed by atoms with Crippen molar-refractivity contribution in [3.05, 3.63) is 35.2 Å². The van der Waals surface area contributed by atoms with Gasteiger partial charge in [-0.2, -0.15) is 5.10 Å². The molecule has 0 fully saturated rings. The van der Waals surface area contributed by atoms with E-state index in [0.29, 0.717) is 0 Å². The van der Waals surface area contributed by atoms with Crippen LogP contribution in [-0.4, -0.2) is 31.5 Å². The van der Waals surface area contributed by atoms with Crippen LogP contribution in [-0.2, 0) is 13.5 Å². The van der Waals surface area contributed by atoms with Crippen LogP contribution in [0.5, 0.6) is 0 Å². The number of hydrogen-bond acceptors (Lipinski definition) is 6. The number of rotatable bonds is 5. The maximum Gasteiger partial charge on any atom is 0.139 e. The summed E-state index contributed by atoms with van der Waals surface area (Å²) in [5.74, 6) is 1.57. The molecular formula is C14H17N5OS. The third-order valence-electron chi connectivity index (χ3n) is 3.31. The van der Waals surface area contributed by atoms with Crippen molar-refractivity contribution >= 4 is 27.4 Å². The minimum absolute atomic E-state index is 0.0250. The molecule has 0 aliphatic heterocycles. The van der Waals surface area contributed by atoms with Crippen LogP contribution in [0.1, 0.15) is 24.4 Å². The van der Waals surface area contributed by atoms with Crippen LogP contribution in [0.2, 0.25) is 0 Å². The zero-order valence-electron chi connectivity index (χ0n) is 11.9. The number of nitrogens with zero attached hydrogens (tertiary/aromatic N) is 4. The maximum atomic E-state index is 9.66. The van der Waals surface area contributed by atoms with E-state index in [2.05, 4.69) is 20.4 Å². The topological polar surface area (TPSA) is 75.9 Å². The van der Waals surface area contributed by atoms with Crippen molar-refractivity contribution in [2.45, 2.75) is 19.4 Å². The summed E-state index contributed by atoms with van der Waals surface area (Å²) in [5.41, 5.74) is 0.931. The van der Waals surface area contributed by atoms with E-state index in [1.807, 2.05) is 31.6 Å². The van der Waals surface area contributed by atoms with Crippen LogP contribution >= 0.6 is 11.3 Å². The van der Waals surface area contributed by atoms with Crippen LogP contribution in [0, 0.1) is 0 Å². The predicted octanol–water partition coefficient (Wildman–Crippen LogP) is 2.13. The van der Waals surface area contributed by atoms with E-state index in [-0.39, 0.29) is 12.6 Å². The molecule has 1 atom stereocenters.